The summed E-state index contributed by atoms with van der Waals surface area (Å²) < 4.78 is 25.8. The summed E-state index contributed by atoms with van der Waals surface area (Å²) in [6, 6.07) is 3.21. The van der Waals surface area contributed by atoms with Crippen LogP contribution in [0.1, 0.15) is 26.4 Å². The van der Waals surface area contributed by atoms with Crippen molar-refractivity contribution in [3.05, 3.63) is 35.2 Å². The predicted octanol–water partition coefficient (Wildman–Crippen LogP) is 0.0583. The van der Waals surface area contributed by atoms with Crippen molar-refractivity contribution in [2.24, 2.45) is 0 Å². The molecule has 1 saturated heterocycles. The van der Waals surface area contributed by atoms with Crippen molar-refractivity contribution >= 4 is 27.4 Å². The van der Waals surface area contributed by atoms with E-state index in [4.69, 9.17) is 0 Å². The van der Waals surface area contributed by atoms with Gasteiger partial charge in [-0.3, -0.25) is 4.79 Å². The summed E-state index contributed by atoms with van der Waals surface area (Å²) in [6.07, 6.45) is 2.62. The van der Waals surface area contributed by atoms with Gasteiger partial charge in [0.25, 0.3) is 5.91 Å². The van der Waals surface area contributed by atoms with Crippen molar-refractivity contribution in [1.29, 1.82) is 0 Å². The first kappa shape index (κ1) is 17.4. The van der Waals surface area contributed by atoms with Crippen molar-refractivity contribution in [2.75, 3.05) is 32.4 Å². The zero-order valence-corrected chi connectivity index (χ0v) is 14.7. The number of fused-ring (bicyclic) bond motifs is 1. The number of rotatable bonds is 3. The molecular formula is C15H18N4O5S. The number of aromatic carboxylic acids is 1. The number of carbonyl (C=O) groups excluding carboxylic acids is 1. The molecule has 1 N–H and O–H groups in total. The lowest BCUT2D eigenvalue weighted by Gasteiger charge is -2.33. The quantitative estimate of drug-likeness (QED) is 0.822. The number of aromatic nitrogens is 2. The van der Waals surface area contributed by atoms with Crippen LogP contribution in [0, 0.1) is 6.92 Å². The van der Waals surface area contributed by atoms with Crippen LogP contribution in [0.2, 0.25) is 0 Å². The summed E-state index contributed by atoms with van der Waals surface area (Å²) in [5, 5.41) is 13.6. The van der Waals surface area contributed by atoms with Crippen molar-refractivity contribution in [3.8, 4) is 0 Å². The average molecular weight is 366 g/mol. The normalized spacial score (nSPS) is 16.3. The molecule has 0 radical (unpaired) electrons. The molecule has 3 heterocycles. The van der Waals surface area contributed by atoms with Crippen LogP contribution in [0.15, 0.2) is 18.3 Å². The zero-order valence-electron chi connectivity index (χ0n) is 13.8. The number of hydrogen-bond donors (Lipinski definition) is 1. The Hall–Kier alpha value is -2.46. The summed E-state index contributed by atoms with van der Waals surface area (Å²) in [5.74, 6) is -1.48. The molecule has 25 heavy (non-hydrogen) atoms. The smallest absolute Gasteiger partial charge is 0.338 e. The predicted molar refractivity (Wildman–Crippen MR) is 89.2 cm³/mol. The molecule has 0 aliphatic carbocycles. The van der Waals surface area contributed by atoms with Gasteiger partial charge in [0.2, 0.25) is 10.0 Å². The van der Waals surface area contributed by atoms with Gasteiger partial charge in [-0.2, -0.15) is 9.40 Å². The third kappa shape index (κ3) is 2.98. The first-order chi connectivity index (χ1) is 11.7. The maximum absolute atomic E-state index is 12.9. The first-order valence-corrected chi connectivity index (χ1v) is 9.50. The fourth-order valence-electron chi connectivity index (χ4n) is 3.10. The second kappa shape index (κ2) is 6.12. The number of carbonyl (C=O) groups is 2. The molecule has 0 saturated carbocycles. The van der Waals surface area contributed by atoms with Gasteiger partial charge in [-0.05, 0) is 24.6 Å². The summed E-state index contributed by atoms with van der Waals surface area (Å²) >= 11 is 0. The molecule has 1 aliphatic rings. The van der Waals surface area contributed by atoms with Gasteiger partial charge in [-0.1, -0.05) is 0 Å². The minimum Gasteiger partial charge on any atom is -0.478 e. The molecule has 2 aromatic heterocycles. The van der Waals surface area contributed by atoms with Crippen LogP contribution in [0.4, 0.5) is 0 Å². The first-order valence-electron chi connectivity index (χ1n) is 7.66. The van der Waals surface area contributed by atoms with Crippen LogP contribution >= 0.6 is 0 Å². The van der Waals surface area contributed by atoms with E-state index >= 15 is 0 Å². The van der Waals surface area contributed by atoms with Gasteiger partial charge in [0.1, 0.15) is 5.69 Å². The van der Waals surface area contributed by atoms with E-state index in [0.29, 0.717) is 11.1 Å². The molecule has 0 spiro atoms. The molecule has 1 fully saturated rings. The Balaban J connectivity index is 1.97. The molecule has 0 bridgehead atoms. The number of carboxylic acids is 1. The molecule has 3 rings (SSSR count). The molecule has 2 aromatic rings. The van der Waals surface area contributed by atoms with Gasteiger partial charge in [0.05, 0.1) is 17.3 Å². The van der Waals surface area contributed by atoms with E-state index in [-0.39, 0.29) is 43.3 Å². The van der Waals surface area contributed by atoms with Gasteiger partial charge < -0.3 is 10.0 Å². The Bertz CT molecular complexity index is 958. The highest BCUT2D eigenvalue weighted by molar-refractivity contribution is 7.88. The summed E-state index contributed by atoms with van der Waals surface area (Å²) in [6.45, 7) is 2.50. The Morgan fingerprint density at radius 2 is 1.84 bits per heavy atom. The maximum atomic E-state index is 12.9. The highest BCUT2D eigenvalue weighted by Gasteiger charge is 2.31. The Morgan fingerprint density at radius 3 is 2.40 bits per heavy atom. The van der Waals surface area contributed by atoms with E-state index in [2.05, 4.69) is 5.10 Å². The van der Waals surface area contributed by atoms with E-state index in [1.807, 2.05) is 0 Å². The van der Waals surface area contributed by atoms with E-state index in [1.165, 1.54) is 19.9 Å². The van der Waals surface area contributed by atoms with Crippen LogP contribution in [-0.4, -0.2) is 76.7 Å². The Morgan fingerprint density at radius 1 is 1.20 bits per heavy atom. The lowest BCUT2D eigenvalue weighted by molar-refractivity contribution is 0.0689. The van der Waals surface area contributed by atoms with E-state index in [9.17, 15) is 23.1 Å². The fraction of sp³-hybridized carbons (Fsp3) is 0.400. The third-order valence-corrected chi connectivity index (χ3v) is 5.66. The van der Waals surface area contributed by atoms with Crippen LogP contribution in [0.5, 0.6) is 0 Å². The van der Waals surface area contributed by atoms with E-state index in [1.54, 1.807) is 19.1 Å². The van der Waals surface area contributed by atoms with Crippen LogP contribution < -0.4 is 0 Å². The molecule has 1 amide bonds. The zero-order chi connectivity index (χ0) is 18.4. The summed E-state index contributed by atoms with van der Waals surface area (Å²) in [7, 11) is -3.29. The number of sulfonamides is 1. The van der Waals surface area contributed by atoms with Crippen molar-refractivity contribution in [3.63, 3.8) is 0 Å². The van der Waals surface area contributed by atoms with Crippen LogP contribution in [0.25, 0.3) is 5.52 Å². The lowest BCUT2D eigenvalue weighted by Crippen LogP contribution is -2.50. The summed E-state index contributed by atoms with van der Waals surface area (Å²) in [4.78, 5) is 26.0. The monoisotopic (exact) mass is 366 g/mol. The number of carboxylic acid groups (broad SMARTS) is 1. The topological polar surface area (TPSA) is 112 Å². The second-order valence-corrected chi connectivity index (χ2v) is 7.91. The second-order valence-electron chi connectivity index (χ2n) is 5.93. The highest BCUT2D eigenvalue weighted by Crippen LogP contribution is 2.24. The largest absolute Gasteiger partial charge is 0.478 e. The van der Waals surface area contributed by atoms with Gasteiger partial charge in [-0.25, -0.2) is 17.7 Å². The number of hydrogen-bond acceptors (Lipinski definition) is 5. The van der Waals surface area contributed by atoms with Gasteiger partial charge in [0, 0.05) is 32.4 Å². The van der Waals surface area contributed by atoms with Crippen LogP contribution in [-0.2, 0) is 10.0 Å². The Labute approximate surface area is 144 Å². The van der Waals surface area contributed by atoms with Crippen molar-refractivity contribution in [1.82, 2.24) is 18.8 Å². The molecule has 10 heteroatoms. The van der Waals surface area contributed by atoms with Crippen molar-refractivity contribution < 1.29 is 23.1 Å². The minimum absolute atomic E-state index is 0.0474. The maximum Gasteiger partial charge on any atom is 0.338 e. The highest BCUT2D eigenvalue weighted by atomic mass is 32.2. The standard InChI is InChI=1S/C15H18N4O5S/c1-10-12(15(21)22)11-4-3-5-16-19(11)13(10)14(20)17-6-8-18(9-7-17)25(2,23)24/h3-5H,6-9H2,1-2H3,(H,21,22). The molecule has 0 unspecified atom stereocenters. The van der Waals surface area contributed by atoms with Crippen LogP contribution in [0.3, 0.4) is 0 Å². The molecule has 134 valence electrons. The fourth-order valence-corrected chi connectivity index (χ4v) is 3.93. The van der Waals surface area contributed by atoms with Gasteiger partial charge in [0.15, 0.2) is 0 Å². The average Bonchev–Trinajstić information content (AvgIpc) is 2.85. The molecule has 9 nitrogen and oxygen atoms in total. The van der Waals surface area contributed by atoms with E-state index in [0.717, 1.165) is 6.26 Å². The molecule has 0 aromatic carbocycles. The van der Waals surface area contributed by atoms with Gasteiger partial charge in [-0.15, -0.1) is 0 Å². The molecule has 0 atom stereocenters. The lowest BCUT2D eigenvalue weighted by atomic mass is 10.1. The third-order valence-electron chi connectivity index (χ3n) is 4.36. The molecule has 1 aliphatic heterocycles. The number of piperazine rings is 1. The summed E-state index contributed by atoms with van der Waals surface area (Å²) in [5.41, 5.74) is 0.944. The van der Waals surface area contributed by atoms with Crippen molar-refractivity contribution in [2.45, 2.75) is 6.92 Å². The minimum atomic E-state index is -3.29. The number of nitrogens with zero attached hydrogens (tertiary/aromatic N) is 4. The van der Waals surface area contributed by atoms with Gasteiger partial charge >= 0.3 is 5.97 Å². The number of amides is 1. The van der Waals surface area contributed by atoms with E-state index < -0.39 is 16.0 Å². The SMILES string of the molecule is Cc1c(C(=O)O)c2cccnn2c1C(=O)N1CCN(S(C)(=O)=O)CC1. The Kier molecular flexibility index (Phi) is 4.25. The molecular weight excluding hydrogens is 348 g/mol.